The van der Waals surface area contributed by atoms with Gasteiger partial charge in [-0.1, -0.05) is 41.1 Å². The maximum atomic E-state index is 13.4. The third-order valence-electron chi connectivity index (χ3n) is 6.54. The molecular formula is C28H21ClN2O4S. The summed E-state index contributed by atoms with van der Waals surface area (Å²) in [6, 6.07) is 17.2. The number of Topliss-reactive ketones (excluding diaryl/α,β-unsaturated/α-hetero) is 1. The summed E-state index contributed by atoms with van der Waals surface area (Å²) in [5.41, 5.74) is 3.89. The quantitative estimate of drug-likeness (QED) is 0.199. The van der Waals surface area contributed by atoms with E-state index in [1.807, 2.05) is 38.1 Å². The number of rotatable bonds is 3. The van der Waals surface area contributed by atoms with Gasteiger partial charge in [-0.05, 0) is 73.0 Å². The van der Waals surface area contributed by atoms with Gasteiger partial charge in [0, 0.05) is 17.0 Å². The number of carbonyl (C=O) groups is 2. The molecule has 3 heterocycles. The van der Waals surface area contributed by atoms with E-state index in [1.54, 1.807) is 36.4 Å². The van der Waals surface area contributed by atoms with Gasteiger partial charge in [-0.2, -0.15) is 0 Å². The lowest BCUT2D eigenvalue weighted by molar-refractivity contribution is -0.132. The number of carbonyl (C=O) groups excluding carboxylic acids is 2. The van der Waals surface area contributed by atoms with Gasteiger partial charge < -0.3 is 9.84 Å². The minimum absolute atomic E-state index is 0.0182. The first-order chi connectivity index (χ1) is 17.3. The lowest BCUT2D eigenvalue weighted by Gasteiger charge is -2.23. The number of amides is 1. The number of ether oxygens (including phenoxy) is 1. The Morgan fingerprint density at radius 3 is 2.67 bits per heavy atom. The largest absolute Gasteiger partial charge is 0.507 e. The smallest absolute Gasteiger partial charge is 0.301 e. The standard InChI is InChI=1S/C28H21ClN2O4S/c1-14-3-9-20-22(11-14)36-28(30-20)31-24(16-4-7-19(29)8-5-16)23(26(33)27(31)34)25(32)17-6-10-21-18(13-17)12-15(2)35-21/h3-11,13,15,24,32H,12H2,1-2H3/t15-,24-/m0/s1. The van der Waals surface area contributed by atoms with Crippen LogP contribution in [0.15, 0.2) is 66.2 Å². The molecule has 2 aliphatic rings. The van der Waals surface area contributed by atoms with Crippen molar-refractivity contribution in [2.24, 2.45) is 0 Å². The minimum Gasteiger partial charge on any atom is -0.507 e. The molecule has 1 N–H and O–H groups in total. The number of hydrogen-bond acceptors (Lipinski definition) is 6. The van der Waals surface area contributed by atoms with Gasteiger partial charge in [-0.25, -0.2) is 4.98 Å². The summed E-state index contributed by atoms with van der Waals surface area (Å²) in [5, 5.41) is 12.4. The van der Waals surface area contributed by atoms with Crippen molar-refractivity contribution < 1.29 is 19.4 Å². The molecule has 2 aliphatic heterocycles. The van der Waals surface area contributed by atoms with E-state index >= 15 is 0 Å². The summed E-state index contributed by atoms with van der Waals surface area (Å²) in [4.78, 5) is 32.9. The predicted molar refractivity (Wildman–Crippen MR) is 141 cm³/mol. The van der Waals surface area contributed by atoms with Crippen LogP contribution in [-0.4, -0.2) is 27.9 Å². The Morgan fingerprint density at radius 2 is 1.89 bits per heavy atom. The third-order valence-corrected chi connectivity index (χ3v) is 7.81. The van der Waals surface area contributed by atoms with Crippen molar-refractivity contribution in [3.63, 3.8) is 0 Å². The molecule has 6 nitrogen and oxygen atoms in total. The van der Waals surface area contributed by atoms with E-state index in [-0.39, 0.29) is 17.4 Å². The Morgan fingerprint density at radius 1 is 1.11 bits per heavy atom. The fourth-order valence-electron chi connectivity index (χ4n) is 4.84. The average molecular weight is 517 g/mol. The van der Waals surface area contributed by atoms with Crippen LogP contribution in [-0.2, 0) is 16.0 Å². The molecule has 0 bridgehead atoms. The van der Waals surface area contributed by atoms with E-state index in [2.05, 4.69) is 4.98 Å². The Balaban J connectivity index is 1.53. The highest BCUT2D eigenvalue weighted by Gasteiger charge is 2.48. The summed E-state index contributed by atoms with van der Waals surface area (Å²) in [6.45, 7) is 3.96. The highest BCUT2D eigenvalue weighted by atomic mass is 35.5. The van der Waals surface area contributed by atoms with Gasteiger partial charge in [-0.3, -0.25) is 14.5 Å². The van der Waals surface area contributed by atoms with Crippen molar-refractivity contribution in [1.82, 2.24) is 4.98 Å². The molecule has 2 atom stereocenters. The summed E-state index contributed by atoms with van der Waals surface area (Å²) in [5.74, 6) is -0.952. The van der Waals surface area contributed by atoms with Crippen molar-refractivity contribution >= 4 is 55.7 Å². The molecule has 180 valence electrons. The van der Waals surface area contributed by atoms with E-state index in [4.69, 9.17) is 16.3 Å². The molecule has 0 aliphatic carbocycles. The SMILES string of the molecule is Cc1ccc2nc(N3C(=O)C(=O)C(=C(O)c4ccc5c(c4)C[C@H](C)O5)[C@@H]3c3ccc(Cl)cc3)sc2c1. The summed E-state index contributed by atoms with van der Waals surface area (Å²) in [7, 11) is 0. The zero-order valence-electron chi connectivity index (χ0n) is 19.5. The van der Waals surface area contributed by atoms with Crippen LogP contribution >= 0.6 is 22.9 Å². The van der Waals surface area contributed by atoms with Crippen LogP contribution in [0.3, 0.4) is 0 Å². The first-order valence-corrected chi connectivity index (χ1v) is 12.7. The highest BCUT2D eigenvalue weighted by molar-refractivity contribution is 7.22. The molecule has 0 radical (unpaired) electrons. The third kappa shape index (κ3) is 3.67. The Labute approximate surface area is 216 Å². The number of nitrogens with zero attached hydrogens (tertiary/aromatic N) is 2. The van der Waals surface area contributed by atoms with Crippen molar-refractivity contribution in [1.29, 1.82) is 0 Å². The number of fused-ring (bicyclic) bond motifs is 2. The topological polar surface area (TPSA) is 79.7 Å². The number of aliphatic hydroxyl groups excluding tert-OH is 1. The molecule has 3 aromatic carbocycles. The summed E-state index contributed by atoms with van der Waals surface area (Å²) < 4.78 is 6.68. The molecule has 36 heavy (non-hydrogen) atoms. The van der Waals surface area contributed by atoms with Crippen molar-refractivity contribution in [2.45, 2.75) is 32.4 Å². The predicted octanol–water partition coefficient (Wildman–Crippen LogP) is 6.21. The zero-order valence-corrected chi connectivity index (χ0v) is 21.1. The first-order valence-electron chi connectivity index (χ1n) is 11.5. The number of ketones is 1. The van der Waals surface area contributed by atoms with Gasteiger partial charge in [0.15, 0.2) is 5.13 Å². The van der Waals surface area contributed by atoms with Gasteiger partial charge in [0.25, 0.3) is 5.78 Å². The lowest BCUT2D eigenvalue weighted by Crippen LogP contribution is -2.29. The van der Waals surface area contributed by atoms with E-state index in [1.165, 1.54) is 16.2 Å². The monoisotopic (exact) mass is 516 g/mol. The fraction of sp³-hybridized carbons (Fsp3) is 0.179. The second-order valence-corrected chi connectivity index (χ2v) is 10.6. The molecule has 8 heteroatoms. The van der Waals surface area contributed by atoms with Crippen molar-refractivity contribution in [2.75, 3.05) is 4.90 Å². The van der Waals surface area contributed by atoms with Gasteiger partial charge in [0.05, 0.1) is 21.8 Å². The molecule has 6 rings (SSSR count). The summed E-state index contributed by atoms with van der Waals surface area (Å²) >= 11 is 7.46. The van der Waals surface area contributed by atoms with Crippen LogP contribution in [0, 0.1) is 6.92 Å². The average Bonchev–Trinajstić information content (AvgIpc) is 3.51. The number of benzene rings is 3. The molecule has 1 fully saturated rings. The molecule has 1 amide bonds. The van der Waals surface area contributed by atoms with Crippen LogP contribution in [0.1, 0.15) is 35.2 Å². The van der Waals surface area contributed by atoms with Crippen molar-refractivity contribution in [3.8, 4) is 5.75 Å². The van der Waals surface area contributed by atoms with E-state index in [0.29, 0.717) is 27.7 Å². The van der Waals surface area contributed by atoms with E-state index in [9.17, 15) is 14.7 Å². The molecule has 0 spiro atoms. The Kier molecular flexibility index (Phi) is 5.35. The summed E-state index contributed by atoms with van der Waals surface area (Å²) in [6.07, 6.45) is 0.746. The van der Waals surface area contributed by atoms with Gasteiger partial charge in [0.1, 0.15) is 17.6 Å². The molecule has 0 unspecified atom stereocenters. The number of aliphatic hydroxyl groups is 1. The molecule has 0 saturated carbocycles. The number of anilines is 1. The van der Waals surface area contributed by atoms with Gasteiger partial charge in [-0.15, -0.1) is 0 Å². The second-order valence-electron chi connectivity index (χ2n) is 9.14. The number of hydrogen-bond donors (Lipinski definition) is 1. The molecule has 1 saturated heterocycles. The van der Waals surface area contributed by atoms with Crippen LogP contribution < -0.4 is 9.64 Å². The van der Waals surface area contributed by atoms with Crippen LogP contribution in [0.25, 0.3) is 16.0 Å². The fourth-order valence-corrected chi connectivity index (χ4v) is 6.05. The maximum absolute atomic E-state index is 13.4. The highest BCUT2D eigenvalue weighted by Crippen LogP contribution is 2.45. The number of aryl methyl sites for hydroxylation is 1. The second kappa shape index (κ2) is 8.47. The van der Waals surface area contributed by atoms with Gasteiger partial charge >= 0.3 is 5.91 Å². The van der Waals surface area contributed by atoms with Crippen LogP contribution in [0.5, 0.6) is 5.75 Å². The maximum Gasteiger partial charge on any atom is 0.301 e. The molecule has 1 aromatic heterocycles. The first kappa shape index (κ1) is 22.8. The van der Waals surface area contributed by atoms with E-state index < -0.39 is 17.7 Å². The van der Waals surface area contributed by atoms with Crippen LogP contribution in [0.4, 0.5) is 5.13 Å². The normalized spacial score (nSPS) is 20.7. The Hall–Kier alpha value is -3.68. The number of thiazole rings is 1. The lowest BCUT2D eigenvalue weighted by atomic mass is 9.94. The minimum atomic E-state index is -0.854. The van der Waals surface area contributed by atoms with Crippen molar-refractivity contribution in [3.05, 3.63) is 93.5 Å². The number of aromatic nitrogens is 1. The molecule has 4 aromatic rings. The van der Waals surface area contributed by atoms with E-state index in [0.717, 1.165) is 27.1 Å². The number of halogens is 1. The molecular weight excluding hydrogens is 496 g/mol. The van der Waals surface area contributed by atoms with Crippen LogP contribution in [0.2, 0.25) is 5.02 Å². The Bertz CT molecular complexity index is 1590. The van der Waals surface area contributed by atoms with Gasteiger partial charge in [0.2, 0.25) is 0 Å². The zero-order chi connectivity index (χ0) is 25.1.